The molecule has 0 aliphatic carbocycles. The highest BCUT2D eigenvalue weighted by molar-refractivity contribution is 7.98. The molecule has 0 fully saturated rings. The smallest absolute Gasteiger partial charge is 0.225 e. The zero-order valence-corrected chi connectivity index (χ0v) is 19.4. The third-order valence-corrected chi connectivity index (χ3v) is 5.82. The van der Waals surface area contributed by atoms with Crippen molar-refractivity contribution in [1.29, 1.82) is 0 Å². The number of hydrogen-bond donors (Lipinski definition) is 1. The SMILES string of the molecule is Cc1ccc(-n2c(SCc3cccc(C)c3)nnc2[C@@H](C)NC(=O)C(C)(C)C)cc1. The maximum atomic E-state index is 12.5. The van der Waals surface area contributed by atoms with Gasteiger partial charge in [0.2, 0.25) is 5.91 Å². The minimum absolute atomic E-state index is 0.0116. The van der Waals surface area contributed by atoms with Crippen molar-refractivity contribution < 1.29 is 4.79 Å². The van der Waals surface area contributed by atoms with E-state index in [4.69, 9.17) is 0 Å². The lowest BCUT2D eigenvalue weighted by molar-refractivity contribution is -0.129. The van der Waals surface area contributed by atoms with E-state index >= 15 is 0 Å². The Morgan fingerprint density at radius 1 is 1.07 bits per heavy atom. The van der Waals surface area contributed by atoms with Crippen molar-refractivity contribution in [2.75, 3.05) is 0 Å². The molecule has 0 unspecified atom stereocenters. The van der Waals surface area contributed by atoms with Crippen molar-refractivity contribution in [3.05, 3.63) is 71.0 Å². The van der Waals surface area contributed by atoms with Gasteiger partial charge in [0, 0.05) is 16.9 Å². The summed E-state index contributed by atoms with van der Waals surface area (Å²) in [7, 11) is 0. The number of carbonyl (C=O) groups excluding carboxylic acids is 1. The van der Waals surface area contributed by atoms with Crippen molar-refractivity contribution in [3.63, 3.8) is 0 Å². The first kappa shape index (κ1) is 22.1. The molecule has 1 atom stereocenters. The van der Waals surface area contributed by atoms with E-state index in [1.165, 1.54) is 16.7 Å². The van der Waals surface area contributed by atoms with E-state index < -0.39 is 5.41 Å². The minimum atomic E-state index is -0.467. The summed E-state index contributed by atoms with van der Waals surface area (Å²) in [5, 5.41) is 12.8. The predicted molar refractivity (Wildman–Crippen MR) is 123 cm³/mol. The Morgan fingerprint density at radius 2 is 1.77 bits per heavy atom. The molecule has 0 bridgehead atoms. The molecular weight excluding hydrogens is 392 g/mol. The third kappa shape index (κ3) is 5.30. The van der Waals surface area contributed by atoms with Gasteiger partial charge >= 0.3 is 0 Å². The normalized spacial score (nSPS) is 12.6. The van der Waals surface area contributed by atoms with Crippen LogP contribution in [0.3, 0.4) is 0 Å². The molecule has 0 spiro atoms. The number of benzene rings is 2. The standard InChI is InChI=1S/C24H30N4OS/c1-16-10-12-20(13-11-16)28-21(18(3)25-22(29)24(4,5)6)26-27-23(28)30-15-19-9-7-8-17(2)14-19/h7-14,18H,15H2,1-6H3,(H,25,29)/t18-/m1/s1. The number of aromatic nitrogens is 3. The molecule has 0 aliphatic heterocycles. The Labute approximate surface area is 183 Å². The van der Waals surface area contributed by atoms with Gasteiger partial charge in [-0.2, -0.15) is 0 Å². The number of thioether (sulfide) groups is 1. The van der Waals surface area contributed by atoms with Crippen LogP contribution in [0.25, 0.3) is 5.69 Å². The number of carbonyl (C=O) groups is 1. The van der Waals surface area contributed by atoms with E-state index in [0.717, 1.165) is 22.4 Å². The summed E-state index contributed by atoms with van der Waals surface area (Å²) >= 11 is 1.65. The van der Waals surface area contributed by atoms with E-state index in [1.54, 1.807) is 11.8 Å². The third-order valence-electron chi connectivity index (χ3n) is 4.82. The zero-order chi connectivity index (χ0) is 21.9. The van der Waals surface area contributed by atoms with Crippen LogP contribution in [0.4, 0.5) is 0 Å². The van der Waals surface area contributed by atoms with Crippen LogP contribution in [0, 0.1) is 19.3 Å². The molecule has 0 saturated carbocycles. The fourth-order valence-corrected chi connectivity index (χ4v) is 3.92. The number of rotatable bonds is 6. The van der Waals surface area contributed by atoms with Crippen LogP contribution in [0.2, 0.25) is 0 Å². The molecule has 5 nitrogen and oxygen atoms in total. The molecule has 1 N–H and O–H groups in total. The molecule has 6 heteroatoms. The highest BCUT2D eigenvalue weighted by Crippen LogP contribution is 2.28. The molecular formula is C24H30N4OS. The summed E-state index contributed by atoms with van der Waals surface area (Å²) in [6.45, 7) is 11.8. The Kier molecular flexibility index (Phi) is 6.66. The first-order valence-electron chi connectivity index (χ1n) is 10.2. The van der Waals surface area contributed by atoms with Crippen molar-refractivity contribution >= 4 is 17.7 Å². The molecule has 30 heavy (non-hydrogen) atoms. The molecule has 158 valence electrons. The first-order valence-corrected chi connectivity index (χ1v) is 11.2. The van der Waals surface area contributed by atoms with Crippen molar-refractivity contribution in [1.82, 2.24) is 20.1 Å². The maximum absolute atomic E-state index is 12.5. The second-order valence-corrected chi connectivity index (χ2v) is 9.68. The van der Waals surface area contributed by atoms with Gasteiger partial charge in [0.15, 0.2) is 11.0 Å². The minimum Gasteiger partial charge on any atom is -0.346 e. The van der Waals surface area contributed by atoms with Gasteiger partial charge in [0.1, 0.15) is 0 Å². The number of amides is 1. The van der Waals surface area contributed by atoms with Crippen LogP contribution >= 0.6 is 11.8 Å². The van der Waals surface area contributed by atoms with Gasteiger partial charge in [0.25, 0.3) is 0 Å². The average molecular weight is 423 g/mol. The van der Waals surface area contributed by atoms with Crippen LogP contribution < -0.4 is 5.32 Å². The number of hydrogen-bond acceptors (Lipinski definition) is 4. The predicted octanol–water partition coefficient (Wildman–Crippen LogP) is 5.40. The molecule has 2 aromatic carbocycles. The lowest BCUT2D eigenvalue weighted by Gasteiger charge is -2.22. The van der Waals surface area contributed by atoms with Crippen molar-refractivity contribution in [2.45, 2.75) is 58.5 Å². The van der Waals surface area contributed by atoms with Crippen molar-refractivity contribution in [3.8, 4) is 5.69 Å². The Morgan fingerprint density at radius 3 is 2.40 bits per heavy atom. The van der Waals surface area contributed by atoms with Gasteiger partial charge in [-0.3, -0.25) is 9.36 Å². The average Bonchev–Trinajstić information content (AvgIpc) is 3.10. The molecule has 1 amide bonds. The molecule has 3 rings (SSSR count). The Balaban J connectivity index is 1.92. The van der Waals surface area contributed by atoms with Gasteiger partial charge in [-0.25, -0.2) is 0 Å². The number of nitrogens with one attached hydrogen (secondary N) is 1. The summed E-state index contributed by atoms with van der Waals surface area (Å²) in [4.78, 5) is 12.5. The van der Waals surface area contributed by atoms with Gasteiger partial charge in [-0.05, 0) is 38.5 Å². The van der Waals surface area contributed by atoms with E-state index in [1.807, 2.05) is 32.3 Å². The monoisotopic (exact) mass is 422 g/mol. The maximum Gasteiger partial charge on any atom is 0.225 e. The van der Waals surface area contributed by atoms with Crippen molar-refractivity contribution in [2.24, 2.45) is 5.41 Å². The second kappa shape index (κ2) is 9.04. The highest BCUT2D eigenvalue weighted by atomic mass is 32.2. The lowest BCUT2D eigenvalue weighted by Crippen LogP contribution is -2.37. The van der Waals surface area contributed by atoms with E-state index in [-0.39, 0.29) is 11.9 Å². The van der Waals surface area contributed by atoms with E-state index in [0.29, 0.717) is 0 Å². The van der Waals surface area contributed by atoms with Gasteiger partial charge < -0.3 is 5.32 Å². The van der Waals surface area contributed by atoms with Gasteiger partial charge in [-0.15, -0.1) is 10.2 Å². The molecule has 3 aromatic rings. The Hall–Kier alpha value is -2.60. The Bertz CT molecular complexity index is 1020. The second-order valence-electron chi connectivity index (χ2n) is 8.73. The largest absolute Gasteiger partial charge is 0.346 e. The van der Waals surface area contributed by atoms with Gasteiger partial charge in [-0.1, -0.05) is 80.1 Å². The molecule has 0 aliphatic rings. The molecule has 1 heterocycles. The number of nitrogens with zero attached hydrogens (tertiary/aromatic N) is 3. The van der Waals surface area contributed by atoms with Crippen LogP contribution in [0.5, 0.6) is 0 Å². The van der Waals surface area contributed by atoms with E-state index in [9.17, 15) is 4.79 Å². The highest BCUT2D eigenvalue weighted by Gasteiger charge is 2.26. The van der Waals surface area contributed by atoms with Crippen LogP contribution in [0.1, 0.15) is 56.3 Å². The summed E-state index contributed by atoms with van der Waals surface area (Å²) in [5.41, 5.74) is 4.20. The number of aryl methyl sites for hydroxylation is 2. The molecule has 0 saturated heterocycles. The summed E-state index contributed by atoms with van der Waals surface area (Å²) < 4.78 is 2.05. The molecule has 1 aromatic heterocycles. The summed E-state index contributed by atoms with van der Waals surface area (Å²) in [6, 6.07) is 16.5. The zero-order valence-electron chi connectivity index (χ0n) is 18.6. The van der Waals surface area contributed by atoms with Crippen LogP contribution in [-0.2, 0) is 10.5 Å². The van der Waals surface area contributed by atoms with Crippen LogP contribution in [-0.4, -0.2) is 20.7 Å². The van der Waals surface area contributed by atoms with E-state index in [2.05, 4.69) is 77.9 Å². The fourth-order valence-electron chi connectivity index (χ4n) is 3.02. The quantitative estimate of drug-likeness (QED) is 0.540. The summed E-state index contributed by atoms with van der Waals surface area (Å²) in [5.74, 6) is 1.51. The topological polar surface area (TPSA) is 59.8 Å². The lowest BCUT2D eigenvalue weighted by atomic mass is 9.95. The fraction of sp³-hybridized carbons (Fsp3) is 0.375. The first-order chi connectivity index (χ1) is 14.1. The summed E-state index contributed by atoms with van der Waals surface area (Å²) in [6.07, 6.45) is 0. The van der Waals surface area contributed by atoms with Gasteiger partial charge in [0.05, 0.1) is 6.04 Å². The van der Waals surface area contributed by atoms with Crippen LogP contribution in [0.15, 0.2) is 53.7 Å². The molecule has 0 radical (unpaired) electrons.